The Bertz CT molecular complexity index is 1630. The van der Waals surface area contributed by atoms with Crippen molar-refractivity contribution < 1.29 is 32.6 Å². The third-order valence-corrected chi connectivity index (χ3v) is 9.37. The zero-order valence-corrected chi connectivity index (χ0v) is 28.5. The molecule has 1 aromatic heterocycles. The van der Waals surface area contributed by atoms with Gasteiger partial charge in [-0.25, -0.2) is 18.0 Å². The van der Waals surface area contributed by atoms with E-state index in [1.54, 1.807) is 6.92 Å². The molecule has 1 heterocycles. The number of aromatic nitrogens is 1. The van der Waals surface area contributed by atoms with Crippen molar-refractivity contribution in [3.63, 3.8) is 0 Å². The summed E-state index contributed by atoms with van der Waals surface area (Å²) in [7, 11) is -4.13. The molecule has 47 heavy (non-hydrogen) atoms. The van der Waals surface area contributed by atoms with Gasteiger partial charge in [-0.15, -0.1) is 0 Å². The highest BCUT2D eigenvalue weighted by Gasteiger charge is 2.26. The van der Waals surface area contributed by atoms with E-state index in [9.17, 15) is 33.2 Å². The number of hydrazine groups is 1. The lowest BCUT2D eigenvalue weighted by molar-refractivity contribution is -0.139. The number of unbranched alkanes of at least 4 members (excludes halogenated alkanes) is 1. The molecule has 0 spiro atoms. The van der Waals surface area contributed by atoms with Crippen LogP contribution in [0.4, 0.5) is 11.4 Å². The summed E-state index contributed by atoms with van der Waals surface area (Å²) >= 11 is 0. The normalized spacial score (nSPS) is 11.8. The molecule has 0 aliphatic heterocycles. The summed E-state index contributed by atoms with van der Waals surface area (Å²) < 4.78 is 39.4. The van der Waals surface area contributed by atoms with E-state index in [0.29, 0.717) is 5.69 Å². The van der Waals surface area contributed by atoms with Gasteiger partial charge in [0, 0.05) is 36.3 Å². The summed E-state index contributed by atoms with van der Waals surface area (Å²) in [5.74, 6) is -1.58. The molecule has 2 rings (SSSR count). The molecule has 256 valence electrons. The average Bonchev–Trinajstić information content (AvgIpc) is 3.03. The van der Waals surface area contributed by atoms with Gasteiger partial charge in [-0.05, 0) is 57.4 Å². The first-order chi connectivity index (χ1) is 22.2. The molecule has 3 N–H and O–H groups in total. The highest BCUT2D eigenvalue weighted by molar-refractivity contribution is 7.89. The Morgan fingerprint density at radius 2 is 1.60 bits per heavy atom. The van der Waals surface area contributed by atoms with Crippen LogP contribution in [-0.2, 0) is 35.6 Å². The molecule has 1 unspecified atom stereocenters. The molecule has 1 atom stereocenters. The monoisotopic (exact) mass is 671 g/mol. The zero-order chi connectivity index (χ0) is 35.3. The fourth-order valence-electron chi connectivity index (χ4n) is 4.52. The van der Waals surface area contributed by atoms with E-state index in [4.69, 9.17) is 9.47 Å². The van der Waals surface area contributed by atoms with Crippen molar-refractivity contribution in [2.45, 2.75) is 71.7 Å². The van der Waals surface area contributed by atoms with Crippen molar-refractivity contribution >= 4 is 33.3 Å². The molecule has 14 heteroatoms. The van der Waals surface area contributed by atoms with Crippen LogP contribution in [0.15, 0.2) is 58.3 Å². The van der Waals surface area contributed by atoms with E-state index in [1.807, 2.05) is 13.0 Å². The minimum absolute atomic E-state index is 0.0244. The number of carbonyl (C=O) groups excluding carboxylic acids is 2. The molecule has 1 aromatic carbocycles. The molecule has 2 aromatic rings. The first kappa shape index (κ1) is 38.6. The summed E-state index contributed by atoms with van der Waals surface area (Å²) in [6.45, 7) is 14.9. The molecule has 0 aliphatic carbocycles. The van der Waals surface area contributed by atoms with Crippen LogP contribution in [0.1, 0.15) is 64.5 Å². The first-order valence-electron chi connectivity index (χ1n) is 15.3. The molecule has 0 amide bonds. The minimum Gasteiger partial charge on any atom is -0.493 e. The van der Waals surface area contributed by atoms with Crippen LogP contribution in [0, 0.1) is 24.2 Å². The number of carbonyl (C=O) groups is 2. The number of benzene rings is 1. The van der Waals surface area contributed by atoms with Crippen LogP contribution in [-0.4, -0.2) is 60.6 Å². The van der Waals surface area contributed by atoms with Crippen LogP contribution in [0.3, 0.4) is 0 Å². The summed E-state index contributed by atoms with van der Waals surface area (Å²) in [5, 5.41) is 20.5. The Labute approximate surface area is 276 Å². The molecule has 0 bridgehead atoms. The predicted molar refractivity (Wildman–Crippen MR) is 179 cm³/mol. The van der Waals surface area contributed by atoms with E-state index >= 15 is 0 Å². The largest absolute Gasteiger partial charge is 0.493 e. The number of rotatable bonds is 19. The number of aromatic hydroxyl groups is 1. The Morgan fingerprint density at radius 1 is 1.04 bits per heavy atom. The maximum atomic E-state index is 13.5. The van der Waals surface area contributed by atoms with Crippen LogP contribution >= 0.6 is 0 Å². The fourth-order valence-corrected chi connectivity index (χ4v) is 5.93. The molecule has 0 radical (unpaired) electrons. The number of sulfonamides is 1. The lowest BCUT2D eigenvalue weighted by Gasteiger charge is -2.22. The van der Waals surface area contributed by atoms with Crippen LogP contribution in [0.5, 0.6) is 5.88 Å². The molecule has 0 saturated carbocycles. The van der Waals surface area contributed by atoms with Gasteiger partial charge in [-0.1, -0.05) is 46.3 Å². The van der Waals surface area contributed by atoms with Crippen molar-refractivity contribution in [2.75, 3.05) is 37.2 Å². The van der Waals surface area contributed by atoms with Gasteiger partial charge in [-0.3, -0.25) is 14.8 Å². The number of ether oxygens (including phenoxy) is 2. The number of nitrogens with zero attached hydrogens (tertiary/aromatic N) is 3. The number of esters is 2. The molecular formula is C33H45N5O8S. The maximum Gasteiger partial charge on any atom is 0.333 e. The standard InChI is InChI=1S/C33H45N5O8S/c1-8-10-11-25(9-2)21-38-30(39)28(20-34)24(7)29(31(38)40)36-35-26-12-14-27(15-13-26)47(43,44)37(16-18-45-32(41)22(3)4)17-19-46-33(42)23(5)6/h12-15,25,35-36,39H,3,5,8-11,16-19,21H2,1-2,4,6-7H3. The number of anilines is 2. The first-order valence-corrected chi connectivity index (χ1v) is 16.8. The zero-order valence-electron chi connectivity index (χ0n) is 27.7. The summed E-state index contributed by atoms with van der Waals surface area (Å²) in [5.41, 5.74) is 6.22. The quantitative estimate of drug-likeness (QED) is 0.108. The summed E-state index contributed by atoms with van der Waals surface area (Å²) in [6.07, 6.45) is 3.65. The van der Waals surface area contributed by atoms with Crippen LogP contribution in [0.25, 0.3) is 0 Å². The van der Waals surface area contributed by atoms with Gasteiger partial charge in [-0.2, -0.15) is 9.57 Å². The van der Waals surface area contributed by atoms with Gasteiger partial charge in [0.1, 0.15) is 30.5 Å². The van der Waals surface area contributed by atoms with Crippen molar-refractivity contribution in [2.24, 2.45) is 5.92 Å². The van der Waals surface area contributed by atoms with E-state index in [0.717, 1.165) is 30.0 Å². The number of hydrogen-bond acceptors (Lipinski definition) is 11. The van der Waals surface area contributed by atoms with E-state index < -0.39 is 27.5 Å². The van der Waals surface area contributed by atoms with Gasteiger partial charge >= 0.3 is 11.9 Å². The third-order valence-electron chi connectivity index (χ3n) is 7.45. The summed E-state index contributed by atoms with van der Waals surface area (Å²) in [4.78, 5) is 37.0. The predicted octanol–water partition coefficient (Wildman–Crippen LogP) is 4.62. The van der Waals surface area contributed by atoms with Crippen molar-refractivity contribution in [1.29, 1.82) is 5.26 Å². The van der Waals surface area contributed by atoms with Gasteiger partial charge in [0.2, 0.25) is 15.9 Å². The molecule has 0 saturated heterocycles. The number of hydrogen-bond donors (Lipinski definition) is 3. The smallest absolute Gasteiger partial charge is 0.333 e. The van der Waals surface area contributed by atoms with Crippen LogP contribution < -0.4 is 16.4 Å². The van der Waals surface area contributed by atoms with Gasteiger partial charge in [0.15, 0.2) is 0 Å². The highest BCUT2D eigenvalue weighted by atomic mass is 32.2. The van der Waals surface area contributed by atoms with Gasteiger partial charge in [0.05, 0.1) is 10.6 Å². The summed E-state index contributed by atoms with van der Waals surface area (Å²) in [6, 6.07) is 7.60. The fraction of sp³-hybridized carbons (Fsp3) is 0.455. The van der Waals surface area contributed by atoms with E-state index in [1.165, 1.54) is 42.7 Å². The number of pyridine rings is 1. The van der Waals surface area contributed by atoms with E-state index in [-0.39, 0.29) is 77.5 Å². The lowest BCUT2D eigenvalue weighted by atomic mass is 9.99. The molecule has 0 aliphatic rings. The second kappa shape index (κ2) is 17.9. The second-order valence-electron chi connectivity index (χ2n) is 11.2. The van der Waals surface area contributed by atoms with Crippen molar-refractivity contribution in [1.82, 2.24) is 8.87 Å². The number of nitriles is 1. The SMILES string of the molecule is C=C(C)C(=O)OCCN(CCOC(=O)C(=C)C)S(=O)(=O)c1ccc(NNc2c(C)c(C#N)c(O)n(CC(CC)CCCC)c2=O)cc1. The third kappa shape index (κ3) is 10.5. The highest BCUT2D eigenvalue weighted by Crippen LogP contribution is 2.26. The Balaban J connectivity index is 2.29. The Morgan fingerprint density at radius 3 is 2.06 bits per heavy atom. The van der Waals surface area contributed by atoms with Crippen molar-refractivity contribution in [3.8, 4) is 11.9 Å². The molecule has 0 fully saturated rings. The number of nitrogens with one attached hydrogen (secondary N) is 2. The average molecular weight is 672 g/mol. The van der Waals surface area contributed by atoms with Crippen molar-refractivity contribution in [3.05, 3.63) is 70.1 Å². The van der Waals surface area contributed by atoms with Gasteiger partial charge in [0.25, 0.3) is 5.56 Å². The second-order valence-corrected chi connectivity index (χ2v) is 13.1. The molecule has 13 nitrogen and oxygen atoms in total. The minimum atomic E-state index is -4.13. The lowest BCUT2D eigenvalue weighted by Crippen LogP contribution is -2.37. The van der Waals surface area contributed by atoms with Crippen LogP contribution in [0.2, 0.25) is 0 Å². The van der Waals surface area contributed by atoms with Gasteiger partial charge < -0.3 is 20.0 Å². The van der Waals surface area contributed by atoms with E-state index in [2.05, 4.69) is 30.9 Å². The molecular weight excluding hydrogens is 626 g/mol. The topological polar surface area (TPSA) is 180 Å². The Hall–Kier alpha value is -4.61. The Kier molecular flexibility index (Phi) is 14.7. The maximum absolute atomic E-state index is 13.5.